The molecule has 4 atom stereocenters. The van der Waals surface area contributed by atoms with Crippen LogP contribution in [0.15, 0.2) is 9.06 Å². The van der Waals surface area contributed by atoms with E-state index in [1.54, 1.807) is 19.2 Å². The molecule has 0 aromatic rings. The van der Waals surface area contributed by atoms with Gasteiger partial charge in [0.1, 0.15) is 0 Å². The second-order valence-electron chi connectivity index (χ2n) is 10.6. The van der Waals surface area contributed by atoms with E-state index in [0.29, 0.717) is 5.41 Å². The molecule has 0 aromatic carbocycles. The van der Waals surface area contributed by atoms with Gasteiger partial charge in [-0.1, -0.05) is 0 Å². The third-order valence-corrected chi connectivity index (χ3v) is 14.2. The molecule has 0 radical (unpaired) electrons. The van der Waals surface area contributed by atoms with Crippen molar-refractivity contribution in [2.45, 2.75) is 86.8 Å². The Kier molecular flexibility index (Phi) is 4.63. The molecule has 1 saturated carbocycles. The molecule has 4 fully saturated rings. The average Bonchev–Trinajstić information content (AvgIpc) is 2.58. The van der Waals surface area contributed by atoms with Crippen LogP contribution < -0.4 is 0 Å². The van der Waals surface area contributed by atoms with Crippen molar-refractivity contribution < 1.29 is 0 Å². The van der Waals surface area contributed by atoms with Gasteiger partial charge in [0.05, 0.1) is 0 Å². The fourth-order valence-electron chi connectivity index (χ4n) is 6.93. The van der Waals surface area contributed by atoms with Crippen LogP contribution in [0, 0.1) is 23.2 Å². The topological polar surface area (TPSA) is 0 Å². The van der Waals surface area contributed by atoms with Gasteiger partial charge in [0.25, 0.3) is 0 Å². The Morgan fingerprint density at radius 3 is 2.36 bits per heavy atom. The first kappa shape index (κ1) is 17.4. The van der Waals surface area contributed by atoms with Crippen LogP contribution in [0.3, 0.4) is 0 Å². The molecule has 3 saturated heterocycles. The monoisotopic (exact) mass is 408 g/mol. The van der Waals surface area contributed by atoms with Crippen LogP contribution in [0.2, 0.25) is 27.0 Å². The summed E-state index contributed by atoms with van der Waals surface area (Å²) in [6.07, 6.45) is 9.14. The molecule has 1 unspecified atom stereocenters. The molecule has 3 aliphatic heterocycles. The molecular weight excluding hydrogens is 370 g/mol. The van der Waals surface area contributed by atoms with Crippen LogP contribution in [0.4, 0.5) is 0 Å². The van der Waals surface area contributed by atoms with Crippen LogP contribution in [0.1, 0.15) is 59.8 Å². The minimum absolute atomic E-state index is 0.407. The Morgan fingerprint density at radius 2 is 1.82 bits per heavy atom. The van der Waals surface area contributed by atoms with Crippen LogP contribution in [-0.2, 0) is 0 Å². The predicted molar refractivity (Wildman–Crippen MR) is 103 cm³/mol. The zero-order chi connectivity index (χ0) is 16.3. The molecule has 0 spiro atoms. The molecule has 3 heterocycles. The van der Waals surface area contributed by atoms with Crippen LogP contribution in [0.5, 0.6) is 0 Å². The zero-order valence-electron chi connectivity index (χ0n) is 16.1. The molecule has 4 bridgehead atoms. The fourth-order valence-corrected chi connectivity index (χ4v) is 16.9. The van der Waals surface area contributed by atoms with E-state index in [1.807, 2.05) is 9.06 Å². The summed E-state index contributed by atoms with van der Waals surface area (Å²) in [6, 6.07) is 0. The first-order chi connectivity index (χ1) is 10.1. The van der Waals surface area contributed by atoms with Crippen molar-refractivity contribution >= 4 is 25.1 Å². The van der Waals surface area contributed by atoms with E-state index in [2.05, 4.69) is 42.5 Å². The van der Waals surface area contributed by atoms with Crippen molar-refractivity contribution in [3.63, 3.8) is 0 Å². The predicted octanol–water partition coefficient (Wildman–Crippen LogP) is 6.47. The Hall–Kier alpha value is 0.604. The van der Waals surface area contributed by atoms with E-state index in [1.165, 1.54) is 19.3 Å². The van der Waals surface area contributed by atoms with Gasteiger partial charge >= 0.3 is 144 Å². The molecule has 0 nitrogen and oxygen atoms in total. The van der Waals surface area contributed by atoms with E-state index in [9.17, 15) is 0 Å². The van der Waals surface area contributed by atoms with Crippen molar-refractivity contribution in [1.82, 2.24) is 0 Å². The first-order valence-corrected chi connectivity index (χ1v) is 19.9. The van der Waals surface area contributed by atoms with Gasteiger partial charge < -0.3 is 0 Å². The van der Waals surface area contributed by atoms with Gasteiger partial charge in [-0.05, 0) is 0 Å². The van der Waals surface area contributed by atoms with Crippen LogP contribution in [-0.4, -0.2) is 25.1 Å². The van der Waals surface area contributed by atoms with Gasteiger partial charge in [0.2, 0.25) is 0 Å². The quantitative estimate of drug-likeness (QED) is 0.461. The normalized spacial score (nSPS) is 37.5. The summed E-state index contributed by atoms with van der Waals surface area (Å²) in [5, 5.41) is 0. The molecule has 2 heteroatoms. The summed E-state index contributed by atoms with van der Waals surface area (Å²) in [6.45, 7) is 11.0. The molecular formula is C20H37BSn. The van der Waals surface area contributed by atoms with Crippen molar-refractivity contribution in [2.24, 2.45) is 23.2 Å². The van der Waals surface area contributed by atoms with Crippen LogP contribution >= 0.6 is 0 Å². The van der Waals surface area contributed by atoms with Gasteiger partial charge in [0.15, 0.2) is 0 Å². The van der Waals surface area contributed by atoms with Gasteiger partial charge in [0, 0.05) is 0 Å². The Labute approximate surface area is 143 Å². The number of hydrogen-bond acceptors (Lipinski definition) is 0. The summed E-state index contributed by atoms with van der Waals surface area (Å²) < 4.78 is 2.02. The molecule has 124 valence electrons. The van der Waals surface area contributed by atoms with Crippen molar-refractivity contribution in [1.29, 1.82) is 0 Å². The maximum atomic E-state index is 2.67. The van der Waals surface area contributed by atoms with Gasteiger partial charge in [-0.2, -0.15) is 0 Å². The number of fused-ring (bicyclic) bond motifs is 1. The Bertz CT molecular complexity index is 449. The molecule has 4 aliphatic rings. The zero-order valence-corrected chi connectivity index (χ0v) is 19.0. The molecule has 1 aliphatic carbocycles. The van der Waals surface area contributed by atoms with E-state index < -0.39 is 18.4 Å². The summed E-state index contributed by atoms with van der Waals surface area (Å²) in [7, 11) is 0. The van der Waals surface area contributed by atoms with E-state index in [4.69, 9.17) is 0 Å². The van der Waals surface area contributed by atoms with Gasteiger partial charge in [-0.15, -0.1) is 0 Å². The number of rotatable bonds is 2. The second-order valence-corrected chi connectivity index (χ2v) is 24.9. The Morgan fingerprint density at radius 1 is 1.14 bits per heavy atom. The van der Waals surface area contributed by atoms with Crippen LogP contribution in [0.25, 0.3) is 0 Å². The summed E-state index contributed by atoms with van der Waals surface area (Å²) in [5.41, 5.74) is 2.45. The number of allylic oxidation sites excluding steroid dienone is 2. The van der Waals surface area contributed by atoms with Gasteiger partial charge in [-0.3, -0.25) is 0 Å². The summed E-state index contributed by atoms with van der Waals surface area (Å²) >= 11 is -2.08. The third-order valence-electron chi connectivity index (χ3n) is 6.96. The second kappa shape index (κ2) is 5.85. The molecule has 0 aromatic heterocycles. The van der Waals surface area contributed by atoms with E-state index in [-0.39, 0.29) is 0 Å². The fraction of sp³-hybridized carbons (Fsp3) is 0.900. The third kappa shape index (κ3) is 2.97. The average molecular weight is 407 g/mol. The number of hydrogen-bond donors (Lipinski definition) is 0. The molecule has 22 heavy (non-hydrogen) atoms. The molecule has 4 rings (SSSR count). The molecule has 0 N–H and O–H groups in total. The van der Waals surface area contributed by atoms with E-state index in [0.717, 1.165) is 30.3 Å². The minimum atomic E-state index is -2.08. The SMILES string of the molecule is CCC1B2C[C@@H]3CC[C@@H](C[C@H]1C3)/C2=[C](/C(C)(C)C)[Sn]([CH3])([CH3])[CH3]. The van der Waals surface area contributed by atoms with Gasteiger partial charge in [-0.25, -0.2) is 0 Å². The van der Waals surface area contributed by atoms with Crippen molar-refractivity contribution in [2.75, 3.05) is 0 Å². The summed E-state index contributed by atoms with van der Waals surface area (Å²) in [4.78, 5) is 8.01. The molecule has 0 amide bonds. The Balaban J connectivity index is 2.16. The maximum absolute atomic E-state index is 2.67. The first-order valence-electron chi connectivity index (χ1n) is 9.88. The van der Waals surface area contributed by atoms with Crippen molar-refractivity contribution in [3.8, 4) is 0 Å². The summed E-state index contributed by atoms with van der Waals surface area (Å²) in [5.74, 6) is 4.13. The van der Waals surface area contributed by atoms with Crippen molar-refractivity contribution in [3.05, 3.63) is 9.06 Å². The standard InChI is InChI=1S/C17H28B.3CH3.Sn/c1-5-15-14-8-12-6-7-13(9-14)16(18(15)11-12)10-17(2,3)4;;;;/h12-15H,5-9,11H2,1-4H3;3*1H3;/t12-,13+,14-,15?;;;;/m1..../s1. The van der Waals surface area contributed by atoms with E-state index >= 15 is 0 Å².